The Bertz CT molecular complexity index is 504. The third-order valence-electron chi connectivity index (χ3n) is 3.31. The molecule has 11 nitrogen and oxygen atoms in total. The van der Waals surface area contributed by atoms with E-state index in [9.17, 15) is 29.4 Å². The molecule has 150 valence electrons. The average Bonchev–Trinajstić information content (AvgIpc) is 2.59. The first-order chi connectivity index (χ1) is 12.2. The van der Waals surface area contributed by atoms with Gasteiger partial charge in [0, 0.05) is 0 Å². The van der Waals surface area contributed by atoms with Crippen molar-refractivity contribution in [2.24, 2.45) is 5.73 Å². The zero-order valence-electron chi connectivity index (χ0n) is 14.6. The van der Waals surface area contributed by atoms with Gasteiger partial charge in [-0.15, -0.1) is 0 Å². The van der Waals surface area contributed by atoms with E-state index in [1.54, 1.807) is 0 Å². The molecule has 4 unspecified atom stereocenters. The topological polar surface area (TPSA) is 191 Å². The van der Waals surface area contributed by atoms with Crippen LogP contribution in [0, 0.1) is 0 Å². The molecule has 0 aliphatic carbocycles. The number of rotatable bonds is 12. The van der Waals surface area contributed by atoms with Crippen LogP contribution in [0.5, 0.6) is 0 Å². The summed E-state index contributed by atoms with van der Waals surface area (Å²) in [6.45, 7) is 0.0534. The largest absolute Gasteiger partial charge is 0.480 e. The summed E-state index contributed by atoms with van der Waals surface area (Å²) >= 11 is 1.44. The van der Waals surface area contributed by atoms with Crippen molar-refractivity contribution < 1.29 is 34.5 Å². The molecular weight excluding hydrogens is 368 g/mol. The quantitative estimate of drug-likeness (QED) is 0.177. The maximum atomic E-state index is 12.3. The van der Waals surface area contributed by atoms with Gasteiger partial charge in [0.05, 0.1) is 19.3 Å². The highest BCUT2D eigenvalue weighted by Crippen LogP contribution is 2.02. The Balaban J connectivity index is 5.01. The van der Waals surface area contributed by atoms with Crippen molar-refractivity contribution in [3.63, 3.8) is 0 Å². The molecule has 0 spiro atoms. The summed E-state index contributed by atoms with van der Waals surface area (Å²) in [7, 11) is 0. The molecule has 0 radical (unpaired) electrons. The lowest BCUT2D eigenvalue weighted by molar-refractivity contribution is -0.145. The zero-order valence-corrected chi connectivity index (χ0v) is 15.4. The predicted molar refractivity (Wildman–Crippen MR) is 94.2 cm³/mol. The molecule has 12 heteroatoms. The van der Waals surface area contributed by atoms with E-state index in [1.807, 2.05) is 11.6 Å². The lowest BCUT2D eigenvalue weighted by Crippen LogP contribution is -2.58. The minimum atomic E-state index is -1.60. The monoisotopic (exact) mass is 394 g/mol. The molecule has 4 atom stereocenters. The van der Waals surface area contributed by atoms with Gasteiger partial charge in [0.2, 0.25) is 17.7 Å². The summed E-state index contributed by atoms with van der Waals surface area (Å²) in [5.41, 5.74) is 5.20. The highest BCUT2D eigenvalue weighted by Gasteiger charge is 2.30. The van der Waals surface area contributed by atoms with Crippen LogP contribution in [0.25, 0.3) is 0 Å². The highest BCUT2D eigenvalue weighted by molar-refractivity contribution is 7.98. The molecule has 0 aromatic rings. The Morgan fingerprint density at radius 1 is 1.08 bits per heavy atom. The summed E-state index contributed by atoms with van der Waals surface area (Å²) < 4.78 is 0. The van der Waals surface area contributed by atoms with Crippen LogP contribution in [0.15, 0.2) is 0 Å². The first-order valence-electron chi connectivity index (χ1n) is 7.78. The van der Waals surface area contributed by atoms with Gasteiger partial charge in [0.15, 0.2) is 6.04 Å². The standard InChI is InChI=1S/C14H26N4O7S/c1-7(20)11(14(24)25)18-13(23)9(6-19)17-12(22)8(3-4-26-2)16-10(21)5-15/h7-9,11,19-20H,3-6,15H2,1-2H3,(H,16,21)(H,17,22)(H,18,23)(H,24,25). The molecule has 3 amide bonds. The van der Waals surface area contributed by atoms with Crippen LogP contribution in [-0.2, 0) is 19.2 Å². The second kappa shape index (κ2) is 12.5. The number of thioether (sulfide) groups is 1. The molecule has 26 heavy (non-hydrogen) atoms. The van der Waals surface area contributed by atoms with Gasteiger partial charge < -0.3 is 37.0 Å². The second-order valence-electron chi connectivity index (χ2n) is 5.41. The van der Waals surface area contributed by atoms with Crippen LogP contribution in [-0.4, -0.2) is 88.4 Å². The molecule has 8 N–H and O–H groups in total. The van der Waals surface area contributed by atoms with Gasteiger partial charge >= 0.3 is 5.97 Å². The summed E-state index contributed by atoms with van der Waals surface area (Å²) in [5.74, 6) is -3.19. The smallest absolute Gasteiger partial charge is 0.328 e. The Morgan fingerprint density at radius 3 is 2.08 bits per heavy atom. The second-order valence-corrected chi connectivity index (χ2v) is 6.40. The molecule has 0 bridgehead atoms. The van der Waals surface area contributed by atoms with Crippen molar-refractivity contribution in [3.8, 4) is 0 Å². The summed E-state index contributed by atoms with van der Waals surface area (Å²) in [6.07, 6.45) is 0.695. The van der Waals surface area contributed by atoms with Crippen molar-refractivity contribution in [1.29, 1.82) is 0 Å². The van der Waals surface area contributed by atoms with E-state index in [0.717, 1.165) is 0 Å². The number of carboxylic acids is 1. The van der Waals surface area contributed by atoms with Gasteiger partial charge in [-0.1, -0.05) is 0 Å². The summed E-state index contributed by atoms with van der Waals surface area (Å²) in [6, 6.07) is -4.01. The van der Waals surface area contributed by atoms with Crippen LogP contribution in [0.3, 0.4) is 0 Å². The Hall–Kier alpha value is -1.89. The molecule has 0 aliphatic heterocycles. The number of nitrogens with one attached hydrogen (secondary N) is 3. The maximum absolute atomic E-state index is 12.3. The molecule has 0 fully saturated rings. The van der Waals surface area contributed by atoms with Crippen LogP contribution >= 0.6 is 11.8 Å². The molecule has 0 saturated heterocycles. The van der Waals surface area contributed by atoms with Crippen LogP contribution in [0.1, 0.15) is 13.3 Å². The van der Waals surface area contributed by atoms with Crippen molar-refractivity contribution in [2.45, 2.75) is 37.6 Å². The average molecular weight is 394 g/mol. The van der Waals surface area contributed by atoms with Gasteiger partial charge in [-0.25, -0.2) is 4.79 Å². The number of aliphatic hydroxyl groups excluding tert-OH is 2. The molecule has 0 rings (SSSR count). The van der Waals surface area contributed by atoms with Crippen molar-refractivity contribution in [3.05, 3.63) is 0 Å². The normalized spacial score (nSPS) is 15.3. The first-order valence-corrected chi connectivity index (χ1v) is 9.18. The summed E-state index contributed by atoms with van der Waals surface area (Å²) in [5, 5.41) is 34.3. The Labute approximate surface area is 155 Å². The third kappa shape index (κ3) is 8.47. The maximum Gasteiger partial charge on any atom is 0.328 e. The van der Waals surface area contributed by atoms with E-state index >= 15 is 0 Å². The number of nitrogens with two attached hydrogens (primary N) is 1. The molecular formula is C14H26N4O7S. The lowest BCUT2D eigenvalue weighted by Gasteiger charge is -2.24. The number of carbonyl (C=O) groups excluding carboxylic acids is 3. The number of aliphatic hydroxyl groups is 2. The minimum Gasteiger partial charge on any atom is -0.480 e. The van der Waals surface area contributed by atoms with Crippen LogP contribution in [0.4, 0.5) is 0 Å². The number of amides is 3. The number of hydrogen-bond acceptors (Lipinski definition) is 8. The van der Waals surface area contributed by atoms with Gasteiger partial charge in [-0.05, 0) is 25.4 Å². The molecule has 0 aliphatic rings. The van der Waals surface area contributed by atoms with Gasteiger partial charge in [0.25, 0.3) is 0 Å². The van der Waals surface area contributed by atoms with E-state index < -0.39 is 54.5 Å². The minimum absolute atomic E-state index is 0.268. The van der Waals surface area contributed by atoms with E-state index in [0.29, 0.717) is 5.75 Å². The zero-order chi connectivity index (χ0) is 20.3. The SMILES string of the molecule is CSCCC(NC(=O)CN)C(=O)NC(CO)C(=O)NC(C(=O)O)C(C)O. The van der Waals surface area contributed by atoms with Crippen molar-refractivity contribution in [2.75, 3.05) is 25.2 Å². The fourth-order valence-corrected chi connectivity index (χ4v) is 2.34. The number of carbonyl (C=O) groups is 4. The lowest BCUT2D eigenvalue weighted by atomic mass is 10.1. The van der Waals surface area contributed by atoms with Crippen LogP contribution in [0.2, 0.25) is 0 Å². The predicted octanol–water partition coefficient (Wildman–Crippen LogP) is -3.39. The number of carboxylic acid groups (broad SMARTS) is 1. The Kier molecular flexibility index (Phi) is 11.6. The van der Waals surface area contributed by atoms with Gasteiger partial charge in [0.1, 0.15) is 12.1 Å². The van der Waals surface area contributed by atoms with E-state index in [-0.39, 0.29) is 13.0 Å². The summed E-state index contributed by atoms with van der Waals surface area (Å²) in [4.78, 5) is 46.8. The van der Waals surface area contributed by atoms with Gasteiger partial charge in [-0.2, -0.15) is 11.8 Å². The van der Waals surface area contributed by atoms with E-state index in [1.165, 1.54) is 18.7 Å². The van der Waals surface area contributed by atoms with Crippen LogP contribution < -0.4 is 21.7 Å². The fraction of sp³-hybridized carbons (Fsp3) is 0.714. The first kappa shape index (κ1) is 24.1. The van der Waals surface area contributed by atoms with Crippen molar-refractivity contribution in [1.82, 2.24) is 16.0 Å². The molecule has 0 aromatic carbocycles. The van der Waals surface area contributed by atoms with E-state index in [2.05, 4.69) is 10.6 Å². The van der Waals surface area contributed by atoms with Gasteiger partial charge in [-0.3, -0.25) is 14.4 Å². The third-order valence-corrected chi connectivity index (χ3v) is 3.95. The fourth-order valence-electron chi connectivity index (χ4n) is 1.87. The highest BCUT2D eigenvalue weighted by atomic mass is 32.2. The van der Waals surface area contributed by atoms with E-state index in [4.69, 9.17) is 10.8 Å². The number of hydrogen-bond donors (Lipinski definition) is 7. The molecule has 0 saturated carbocycles. The molecule has 0 aromatic heterocycles. The Morgan fingerprint density at radius 2 is 1.65 bits per heavy atom. The molecule has 0 heterocycles. The number of aliphatic carboxylic acids is 1. The van der Waals surface area contributed by atoms with Crippen molar-refractivity contribution >= 4 is 35.5 Å².